The van der Waals surface area contributed by atoms with Crippen LogP contribution in [0.1, 0.15) is 5.56 Å². The van der Waals surface area contributed by atoms with E-state index in [1.54, 1.807) is 30.7 Å². The molecule has 0 spiro atoms. The van der Waals surface area contributed by atoms with Gasteiger partial charge in [0.05, 0.1) is 36.0 Å². The lowest BCUT2D eigenvalue weighted by Crippen LogP contribution is -2.34. The minimum atomic E-state index is -2.36. The molecule has 2 aromatic heterocycles. The lowest BCUT2D eigenvalue weighted by Gasteiger charge is -2.15. The van der Waals surface area contributed by atoms with E-state index in [0.717, 1.165) is 22.3 Å². The molecule has 6 rings (SSSR count). The maximum absolute atomic E-state index is 12.4. The Balaban J connectivity index is 1.17. The van der Waals surface area contributed by atoms with Crippen molar-refractivity contribution in [3.8, 4) is 28.4 Å². The van der Waals surface area contributed by atoms with Gasteiger partial charge < -0.3 is 24.3 Å². The summed E-state index contributed by atoms with van der Waals surface area (Å²) in [6.07, 6.45) is -0.0977. The molecule has 2 aliphatic heterocycles. The molecule has 2 fully saturated rings. The lowest BCUT2D eigenvalue weighted by atomic mass is 10.0. The van der Waals surface area contributed by atoms with Crippen molar-refractivity contribution < 1.29 is 23.5 Å². The number of imidazole rings is 1. The van der Waals surface area contributed by atoms with Crippen molar-refractivity contribution in [1.29, 1.82) is 0 Å². The van der Waals surface area contributed by atoms with Gasteiger partial charge in [-0.15, -0.1) is 0 Å². The molecule has 210 valence electrons. The first-order chi connectivity index (χ1) is 19.2. The Morgan fingerprint density at radius 1 is 1.05 bits per heavy atom. The second-order valence-electron chi connectivity index (χ2n) is 10.2. The summed E-state index contributed by atoms with van der Waals surface area (Å²) in [7, 11) is 1.17. The molecule has 0 bridgehead atoms. The van der Waals surface area contributed by atoms with E-state index in [-0.39, 0.29) is 24.9 Å². The van der Waals surface area contributed by atoms with Crippen LogP contribution in [0, 0.1) is 0 Å². The summed E-state index contributed by atoms with van der Waals surface area (Å²) in [6.45, 7) is 0.937. The molecule has 40 heavy (non-hydrogen) atoms. The third-order valence-corrected chi connectivity index (χ3v) is 9.51. The molecular formula is C28H30ClN5O5S. The number of hydrogen-bond donors (Lipinski definition) is 2. The van der Waals surface area contributed by atoms with Crippen LogP contribution in [0.4, 0.5) is 0 Å². The normalized spacial score (nSPS) is 23.9. The number of rotatable bonds is 7. The summed E-state index contributed by atoms with van der Waals surface area (Å²) >= 11 is 6.61. The van der Waals surface area contributed by atoms with E-state index >= 15 is 0 Å². The zero-order valence-corrected chi connectivity index (χ0v) is 23.9. The zero-order valence-electron chi connectivity index (χ0n) is 22.3. The Kier molecular flexibility index (Phi) is 7.28. The van der Waals surface area contributed by atoms with Crippen molar-refractivity contribution in [2.45, 2.75) is 31.0 Å². The van der Waals surface area contributed by atoms with Gasteiger partial charge in [0.2, 0.25) is 0 Å². The highest BCUT2D eigenvalue weighted by Gasteiger charge is 2.48. The van der Waals surface area contributed by atoms with Gasteiger partial charge in [0.15, 0.2) is 11.8 Å². The fourth-order valence-electron chi connectivity index (χ4n) is 4.78. The van der Waals surface area contributed by atoms with Gasteiger partial charge in [-0.2, -0.15) is 4.98 Å². The SMILES string of the molecule is CN(C)S(C)(=O)=NCc1ccc(-c2ccc(-c3nc4nc(O[C@@H]5CO[C@H]6[C@@H]5OC[C@H]6O)[nH]c4cc3Cl)cc2)cc1. The highest BCUT2D eigenvalue weighted by molar-refractivity contribution is 7.90. The fourth-order valence-corrected chi connectivity index (χ4v) is 5.66. The van der Waals surface area contributed by atoms with Gasteiger partial charge in [0.25, 0.3) is 6.01 Å². The van der Waals surface area contributed by atoms with Crippen molar-refractivity contribution in [2.24, 2.45) is 4.36 Å². The maximum atomic E-state index is 12.4. The van der Waals surface area contributed by atoms with Crippen LogP contribution in [0.5, 0.6) is 6.01 Å². The second-order valence-corrected chi connectivity index (χ2v) is 13.1. The number of benzene rings is 2. The van der Waals surface area contributed by atoms with Gasteiger partial charge in [0.1, 0.15) is 28.2 Å². The number of ether oxygens (including phenoxy) is 3. The van der Waals surface area contributed by atoms with Gasteiger partial charge in [-0.05, 0) is 22.8 Å². The number of halogens is 1. The van der Waals surface area contributed by atoms with Crippen LogP contribution >= 0.6 is 11.6 Å². The Hall–Kier alpha value is -3.06. The van der Waals surface area contributed by atoms with Crippen molar-refractivity contribution >= 4 is 32.7 Å². The monoisotopic (exact) mass is 583 g/mol. The Labute approximate surface area is 237 Å². The minimum absolute atomic E-state index is 0.232. The molecule has 2 aliphatic rings. The summed E-state index contributed by atoms with van der Waals surface area (Å²) in [5.74, 6) is 0. The van der Waals surface area contributed by atoms with Crippen LogP contribution in [0.3, 0.4) is 0 Å². The standard InChI is InChI=1S/C28H30ClN5O5S/c1-34(2)40(3,36)30-13-16-4-6-17(7-5-16)18-8-10-19(11-9-18)24-20(29)12-21-27(32-24)33-28(31-21)39-23-15-38-25-22(35)14-37-26(23)25/h4-12,22-23,25-26,35H,13-15H2,1-3H3,(H,31,32,33)/t22-,23-,25-,26-,40?/m1/s1. The average Bonchev–Trinajstić information content (AvgIpc) is 3.64. The summed E-state index contributed by atoms with van der Waals surface area (Å²) in [6, 6.07) is 18.1. The molecule has 4 aromatic rings. The molecule has 2 N–H and O–H groups in total. The summed E-state index contributed by atoms with van der Waals surface area (Å²) < 4.78 is 35.7. The molecule has 12 heteroatoms. The Morgan fingerprint density at radius 3 is 2.40 bits per heavy atom. The van der Waals surface area contributed by atoms with Gasteiger partial charge in [-0.1, -0.05) is 60.1 Å². The topological polar surface area (TPSA) is 122 Å². The Bertz CT molecular complexity index is 1650. The van der Waals surface area contributed by atoms with Crippen LogP contribution in [0.15, 0.2) is 59.0 Å². The molecule has 0 amide bonds. The van der Waals surface area contributed by atoms with E-state index < -0.39 is 16.0 Å². The number of aliphatic hydroxyl groups excluding tert-OH is 1. The average molecular weight is 584 g/mol. The van der Waals surface area contributed by atoms with E-state index in [0.29, 0.717) is 41.0 Å². The zero-order chi connectivity index (χ0) is 28.0. The number of pyridine rings is 1. The first kappa shape index (κ1) is 27.1. The van der Waals surface area contributed by atoms with Crippen molar-refractivity contribution in [3.05, 3.63) is 65.2 Å². The van der Waals surface area contributed by atoms with Crippen LogP contribution in [-0.4, -0.2) is 86.6 Å². The number of hydrogen-bond acceptors (Lipinski definition) is 8. The Morgan fingerprint density at radius 2 is 1.70 bits per heavy atom. The molecule has 2 aromatic carbocycles. The largest absolute Gasteiger partial charge is 0.456 e. The maximum Gasteiger partial charge on any atom is 0.296 e. The number of nitrogens with one attached hydrogen (secondary N) is 1. The molecule has 0 saturated carbocycles. The van der Waals surface area contributed by atoms with Gasteiger partial charge in [0, 0.05) is 25.9 Å². The molecule has 1 unspecified atom stereocenters. The molecule has 10 nitrogen and oxygen atoms in total. The van der Waals surface area contributed by atoms with Crippen molar-refractivity contribution in [2.75, 3.05) is 33.6 Å². The molecule has 4 heterocycles. The third-order valence-electron chi connectivity index (χ3n) is 7.26. The van der Waals surface area contributed by atoms with Gasteiger partial charge in [-0.25, -0.2) is 17.9 Å². The molecular weight excluding hydrogens is 554 g/mol. The number of nitrogens with zero attached hydrogens (tertiary/aromatic N) is 4. The number of aliphatic hydroxyl groups is 1. The number of H-pyrrole nitrogens is 1. The number of aromatic amines is 1. The lowest BCUT2D eigenvalue weighted by molar-refractivity contribution is 0.00706. The van der Waals surface area contributed by atoms with Crippen LogP contribution in [-0.2, 0) is 25.9 Å². The summed E-state index contributed by atoms with van der Waals surface area (Å²) in [5.41, 5.74) is 5.71. The van der Waals surface area contributed by atoms with E-state index in [9.17, 15) is 9.32 Å². The van der Waals surface area contributed by atoms with E-state index in [1.165, 1.54) is 0 Å². The van der Waals surface area contributed by atoms with Crippen LogP contribution in [0.2, 0.25) is 5.02 Å². The number of fused-ring (bicyclic) bond motifs is 2. The van der Waals surface area contributed by atoms with E-state index in [2.05, 4.69) is 14.3 Å². The first-order valence-electron chi connectivity index (χ1n) is 12.9. The van der Waals surface area contributed by atoms with Gasteiger partial charge in [-0.3, -0.25) is 0 Å². The molecule has 5 atom stereocenters. The fraction of sp³-hybridized carbons (Fsp3) is 0.357. The van der Waals surface area contributed by atoms with Gasteiger partial charge >= 0.3 is 0 Å². The van der Waals surface area contributed by atoms with E-state index in [4.69, 9.17) is 30.8 Å². The first-order valence-corrected chi connectivity index (χ1v) is 15.1. The summed E-state index contributed by atoms with van der Waals surface area (Å²) in [4.78, 5) is 12.3. The third kappa shape index (κ3) is 5.32. The quantitative estimate of drug-likeness (QED) is 0.338. The summed E-state index contributed by atoms with van der Waals surface area (Å²) in [5, 5.41) is 10.4. The molecule has 0 aliphatic carbocycles. The molecule has 0 radical (unpaired) electrons. The smallest absolute Gasteiger partial charge is 0.296 e. The van der Waals surface area contributed by atoms with Crippen molar-refractivity contribution in [1.82, 2.24) is 19.3 Å². The highest BCUT2D eigenvalue weighted by Crippen LogP contribution is 2.33. The minimum Gasteiger partial charge on any atom is -0.456 e. The number of aromatic nitrogens is 3. The van der Waals surface area contributed by atoms with Crippen molar-refractivity contribution in [3.63, 3.8) is 0 Å². The van der Waals surface area contributed by atoms with E-state index in [1.807, 2.05) is 48.5 Å². The second kappa shape index (κ2) is 10.7. The molecule has 2 saturated heterocycles. The van der Waals surface area contributed by atoms with Crippen LogP contribution < -0.4 is 4.74 Å². The predicted molar refractivity (Wildman–Crippen MR) is 154 cm³/mol. The highest BCUT2D eigenvalue weighted by atomic mass is 35.5. The van der Waals surface area contributed by atoms with Crippen LogP contribution in [0.25, 0.3) is 33.5 Å². The predicted octanol–water partition coefficient (Wildman–Crippen LogP) is 3.93.